The van der Waals surface area contributed by atoms with Crippen LogP contribution in [0, 0.1) is 5.82 Å². The van der Waals surface area contributed by atoms with E-state index in [1.54, 1.807) is 13.0 Å². The number of halogens is 3. The van der Waals surface area contributed by atoms with Crippen molar-refractivity contribution in [2.24, 2.45) is 5.73 Å². The molecule has 12 heteroatoms. The van der Waals surface area contributed by atoms with Crippen LogP contribution in [0.5, 0.6) is 5.88 Å². The Labute approximate surface area is 194 Å². The van der Waals surface area contributed by atoms with Crippen LogP contribution >= 0.6 is 0 Å². The highest BCUT2D eigenvalue weighted by molar-refractivity contribution is 7.91. The highest BCUT2D eigenvalue weighted by atomic mass is 32.2. The molecule has 8 nitrogen and oxygen atoms in total. The largest absolute Gasteiger partial charge is 0.479 e. The molecule has 4 rings (SSSR count). The molecule has 3 aromatic rings. The van der Waals surface area contributed by atoms with Gasteiger partial charge in [0, 0.05) is 5.56 Å². The molecule has 1 atom stereocenters. The Hall–Kier alpha value is -2.99. The topological polar surface area (TPSA) is 120 Å². The van der Waals surface area contributed by atoms with Gasteiger partial charge in [-0.1, -0.05) is 18.2 Å². The fourth-order valence-electron chi connectivity index (χ4n) is 4.06. The van der Waals surface area contributed by atoms with Crippen molar-refractivity contribution >= 4 is 26.6 Å². The van der Waals surface area contributed by atoms with Crippen molar-refractivity contribution in [2.75, 3.05) is 23.9 Å². The van der Waals surface area contributed by atoms with E-state index in [9.17, 15) is 21.6 Å². The molecule has 2 aromatic heterocycles. The van der Waals surface area contributed by atoms with Crippen molar-refractivity contribution < 1.29 is 26.3 Å². The summed E-state index contributed by atoms with van der Waals surface area (Å²) in [6.45, 7) is 1.62. The summed E-state index contributed by atoms with van der Waals surface area (Å²) in [5.41, 5.74) is 5.72. The Balaban J connectivity index is 1.76. The molecule has 3 heterocycles. The van der Waals surface area contributed by atoms with E-state index in [2.05, 4.69) is 20.3 Å². The number of pyridine rings is 1. The molecular weight excluding hydrogens is 471 g/mol. The van der Waals surface area contributed by atoms with Gasteiger partial charge in [0.05, 0.1) is 46.8 Å². The first-order chi connectivity index (χ1) is 16.0. The van der Waals surface area contributed by atoms with Crippen molar-refractivity contribution in [3.8, 4) is 5.88 Å². The number of methoxy groups -OCH3 is 1. The number of benzene rings is 1. The van der Waals surface area contributed by atoms with Crippen LogP contribution in [-0.4, -0.2) is 42.0 Å². The van der Waals surface area contributed by atoms with Crippen molar-refractivity contribution in [3.05, 3.63) is 53.2 Å². The molecule has 0 radical (unpaired) electrons. The van der Waals surface area contributed by atoms with Crippen LogP contribution in [0.1, 0.15) is 49.1 Å². The number of sulfone groups is 1. The summed E-state index contributed by atoms with van der Waals surface area (Å²) in [6.07, 6.45) is -1.28. The standard InChI is InChI=1S/C22H24F3N5O3S/c1-12(13-4-3-5-14(17(13)23)19(24)25)29-20-15-10-16(22(26)6-8-34(31,32)9-7-22)30-21(33-2)18(15)27-11-28-20/h3-5,10-12,19H,6-9,26H2,1-2H3,(H,27,28,29)/t12-/m1/s1. The number of nitrogens with one attached hydrogen (secondary N) is 1. The molecule has 1 aromatic carbocycles. The van der Waals surface area contributed by atoms with Gasteiger partial charge >= 0.3 is 0 Å². The number of alkyl halides is 2. The Kier molecular flexibility index (Phi) is 6.38. The zero-order chi connectivity index (χ0) is 24.7. The normalized spacial score (nSPS) is 18.1. The summed E-state index contributed by atoms with van der Waals surface area (Å²) in [5, 5.41) is 3.53. The number of hydrogen-bond acceptors (Lipinski definition) is 8. The van der Waals surface area contributed by atoms with Gasteiger partial charge in [0.1, 0.15) is 33.3 Å². The Morgan fingerprint density at radius 3 is 2.50 bits per heavy atom. The number of aromatic nitrogens is 3. The van der Waals surface area contributed by atoms with Gasteiger partial charge in [0.2, 0.25) is 5.88 Å². The van der Waals surface area contributed by atoms with Gasteiger partial charge < -0.3 is 15.8 Å². The van der Waals surface area contributed by atoms with Crippen LogP contribution in [0.15, 0.2) is 30.6 Å². The van der Waals surface area contributed by atoms with Crippen molar-refractivity contribution in [1.82, 2.24) is 15.0 Å². The molecular formula is C22H24F3N5O3S. The summed E-state index contributed by atoms with van der Waals surface area (Å²) in [5.74, 6) is -0.625. The number of nitrogens with two attached hydrogens (primary N) is 1. The second-order valence-electron chi connectivity index (χ2n) is 8.36. The first-order valence-electron chi connectivity index (χ1n) is 10.6. The summed E-state index contributed by atoms with van der Waals surface area (Å²) in [7, 11) is -1.73. The van der Waals surface area contributed by atoms with Gasteiger partial charge in [0.15, 0.2) is 0 Å². The van der Waals surface area contributed by atoms with Crippen LogP contribution in [0.4, 0.5) is 19.0 Å². The van der Waals surface area contributed by atoms with Crippen LogP contribution in [0.3, 0.4) is 0 Å². The van der Waals surface area contributed by atoms with E-state index in [1.165, 1.54) is 25.6 Å². The summed E-state index contributed by atoms with van der Waals surface area (Å²) < 4.78 is 70.2. The molecule has 1 aliphatic rings. The van der Waals surface area contributed by atoms with E-state index in [0.717, 1.165) is 6.07 Å². The maximum Gasteiger partial charge on any atom is 0.266 e. The molecule has 0 spiro atoms. The molecule has 182 valence electrons. The number of fused-ring (bicyclic) bond motifs is 1. The Morgan fingerprint density at radius 2 is 1.85 bits per heavy atom. The molecule has 0 aliphatic carbocycles. The molecule has 34 heavy (non-hydrogen) atoms. The van der Waals surface area contributed by atoms with Gasteiger partial charge in [-0.15, -0.1) is 0 Å². The summed E-state index contributed by atoms with van der Waals surface area (Å²) >= 11 is 0. The lowest BCUT2D eigenvalue weighted by molar-refractivity contribution is 0.146. The SMILES string of the molecule is COc1nc(C2(N)CCS(=O)(=O)CC2)cc2c(N[C@H](C)c3cccc(C(F)F)c3F)ncnc12. The van der Waals surface area contributed by atoms with Gasteiger partial charge in [-0.3, -0.25) is 0 Å². The van der Waals surface area contributed by atoms with Crippen molar-refractivity contribution in [3.63, 3.8) is 0 Å². The number of hydrogen-bond donors (Lipinski definition) is 2. The minimum Gasteiger partial charge on any atom is -0.479 e. The first-order valence-corrected chi connectivity index (χ1v) is 12.4. The molecule has 1 aliphatic heterocycles. The fraction of sp³-hybridized carbons (Fsp3) is 0.409. The van der Waals surface area contributed by atoms with E-state index < -0.39 is 39.2 Å². The van der Waals surface area contributed by atoms with Crippen LogP contribution in [-0.2, 0) is 15.4 Å². The lowest BCUT2D eigenvalue weighted by Crippen LogP contribution is -2.45. The lowest BCUT2D eigenvalue weighted by Gasteiger charge is -2.33. The van der Waals surface area contributed by atoms with E-state index in [1.807, 2.05) is 0 Å². The fourth-order valence-corrected chi connectivity index (χ4v) is 5.61. The van der Waals surface area contributed by atoms with E-state index in [4.69, 9.17) is 10.5 Å². The smallest absolute Gasteiger partial charge is 0.266 e. The van der Waals surface area contributed by atoms with E-state index in [0.29, 0.717) is 22.4 Å². The number of nitrogens with zero attached hydrogens (tertiary/aromatic N) is 3. The van der Waals surface area contributed by atoms with Crippen LogP contribution in [0.2, 0.25) is 0 Å². The minimum absolute atomic E-state index is 0.0542. The average molecular weight is 496 g/mol. The highest BCUT2D eigenvalue weighted by Gasteiger charge is 2.37. The van der Waals surface area contributed by atoms with Gasteiger partial charge in [-0.05, 0) is 25.8 Å². The summed E-state index contributed by atoms with van der Waals surface area (Å²) in [4.78, 5) is 13.0. The molecule has 0 unspecified atom stereocenters. The molecule has 3 N–H and O–H groups in total. The molecule has 0 amide bonds. The maximum absolute atomic E-state index is 14.7. The average Bonchev–Trinajstić information content (AvgIpc) is 2.80. The Bertz CT molecular complexity index is 1320. The summed E-state index contributed by atoms with van der Waals surface area (Å²) in [6, 6.07) is 4.79. The third kappa shape index (κ3) is 4.51. The second kappa shape index (κ2) is 8.99. The third-order valence-corrected chi connectivity index (χ3v) is 7.78. The van der Waals surface area contributed by atoms with Gasteiger partial charge in [-0.2, -0.15) is 0 Å². The monoisotopic (exact) mass is 495 g/mol. The van der Waals surface area contributed by atoms with Crippen molar-refractivity contribution in [2.45, 2.75) is 37.8 Å². The maximum atomic E-state index is 14.7. The molecule has 0 saturated carbocycles. The molecule has 1 saturated heterocycles. The second-order valence-corrected chi connectivity index (χ2v) is 10.7. The quantitative estimate of drug-likeness (QED) is 0.532. The third-order valence-electron chi connectivity index (χ3n) is 6.12. The van der Waals surface area contributed by atoms with E-state index in [-0.39, 0.29) is 35.8 Å². The Morgan fingerprint density at radius 1 is 1.18 bits per heavy atom. The zero-order valence-corrected chi connectivity index (χ0v) is 19.4. The lowest BCUT2D eigenvalue weighted by atomic mass is 9.88. The van der Waals surface area contributed by atoms with Gasteiger partial charge in [-0.25, -0.2) is 36.5 Å². The predicted molar refractivity (Wildman–Crippen MR) is 121 cm³/mol. The molecule has 0 bridgehead atoms. The van der Waals surface area contributed by atoms with Crippen molar-refractivity contribution in [1.29, 1.82) is 0 Å². The number of rotatable bonds is 6. The zero-order valence-electron chi connectivity index (χ0n) is 18.6. The molecule has 1 fully saturated rings. The first kappa shape index (κ1) is 24.1. The number of anilines is 1. The highest BCUT2D eigenvalue weighted by Crippen LogP contribution is 2.36. The minimum atomic E-state index is -3.15. The number of ether oxygens (including phenoxy) is 1. The van der Waals surface area contributed by atoms with Crippen LogP contribution < -0.4 is 15.8 Å². The van der Waals surface area contributed by atoms with Gasteiger partial charge in [0.25, 0.3) is 6.43 Å². The predicted octanol–water partition coefficient (Wildman–Crippen LogP) is 3.65. The van der Waals surface area contributed by atoms with E-state index >= 15 is 0 Å². The van der Waals surface area contributed by atoms with Crippen LogP contribution in [0.25, 0.3) is 10.9 Å².